The van der Waals surface area contributed by atoms with Gasteiger partial charge >= 0.3 is 6.03 Å². The Balaban J connectivity index is 1.63. The molecule has 2 aliphatic rings. The fourth-order valence-electron chi connectivity index (χ4n) is 4.34. The molecule has 1 aliphatic heterocycles. The first-order chi connectivity index (χ1) is 12.6. The van der Waals surface area contributed by atoms with Gasteiger partial charge in [0.15, 0.2) is 0 Å². The predicted octanol–water partition coefficient (Wildman–Crippen LogP) is 1.99. The molecule has 6 nitrogen and oxygen atoms in total. The third-order valence-electron chi connectivity index (χ3n) is 6.18. The van der Waals surface area contributed by atoms with Gasteiger partial charge in [-0.3, -0.25) is 0 Å². The number of nitrogens with zero attached hydrogens (tertiary/aromatic N) is 3. The Hall–Kier alpha value is -0.850. The van der Waals surface area contributed by atoms with Crippen molar-refractivity contribution in [2.75, 3.05) is 60.0 Å². The van der Waals surface area contributed by atoms with Gasteiger partial charge < -0.3 is 25.1 Å². The molecule has 0 aromatic rings. The second kappa shape index (κ2) is 11.8. The van der Waals surface area contributed by atoms with Crippen molar-refractivity contribution in [2.45, 2.75) is 57.4 Å². The zero-order chi connectivity index (χ0) is 18.8. The van der Waals surface area contributed by atoms with E-state index in [1.54, 1.807) is 4.90 Å². The van der Waals surface area contributed by atoms with E-state index in [2.05, 4.69) is 29.2 Å². The van der Waals surface area contributed by atoms with Crippen LogP contribution in [-0.4, -0.2) is 91.8 Å². The van der Waals surface area contributed by atoms with Gasteiger partial charge in [0.25, 0.3) is 0 Å². The van der Waals surface area contributed by atoms with Crippen LogP contribution in [0, 0.1) is 5.92 Å². The van der Waals surface area contributed by atoms with Crippen molar-refractivity contribution >= 4 is 6.03 Å². The smallest absolute Gasteiger partial charge is 0.317 e. The molecule has 26 heavy (non-hydrogen) atoms. The highest BCUT2D eigenvalue weighted by atomic mass is 16.3. The molecular weight excluding hydrogens is 328 g/mol. The number of carbonyl (C=O) groups excluding carboxylic acids is 1. The summed E-state index contributed by atoms with van der Waals surface area (Å²) in [5.74, 6) is 0.760. The first-order valence-corrected chi connectivity index (χ1v) is 10.6. The van der Waals surface area contributed by atoms with Crippen LogP contribution in [0.15, 0.2) is 0 Å². The van der Waals surface area contributed by atoms with E-state index in [1.165, 1.54) is 44.9 Å². The molecule has 1 aliphatic carbocycles. The minimum absolute atomic E-state index is 0.0157. The standard InChI is InChI=1S/C20H40N4O2/c1-22(2)19-9-12-23(13-10-19)15-11-21-20(26)24(16-17-25)14-8-18-6-4-3-5-7-18/h18-19,25H,3-17H2,1-2H3,(H,21,26). The average Bonchev–Trinajstić information content (AvgIpc) is 2.66. The van der Waals surface area contributed by atoms with Gasteiger partial charge in [0.2, 0.25) is 0 Å². The molecule has 0 bridgehead atoms. The second-order valence-electron chi connectivity index (χ2n) is 8.27. The van der Waals surface area contributed by atoms with Crippen molar-refractivity contribution in [3.05, 3.63) is 0 Å². The topological polar surface area (TPSA) is 59.0 Å². The summed E-state index contributed by atoms with van der Waals surface area (Å²) in [6.07, 6.45) is 10.1. The number of aliphatic hydroxyl groups excluding tert-OH is 1. The van der Waals surface area contributed by atoms with Gasteiger partial charge in [-0.05, 0) is 52.4 Å². The van der Waals surface area contributed by atoms with E-state index in [-0.39, 0.29) is 12.6 Å². The largest absolute Gasteiger partial charge is 0.395 e. The Morgan fingerprint density at radius 3 is 2.38 bits per heavy atom. The first-order valence-electron chi connectivity index (χ1n) is 10.6. The summed E-state index contributed by atoms with van der Waals surface area (Å²) in [6, 6.07) is 0.679. The monoisotopic (exact) mass is 368 g/mol. The van der Waals surface area contributed by atoms with Crippen molar-refractivity contribution < 1.29 is 9.90 Å². The summed E-state index contributed by atoms with van der Waals surface area (Å²) in [7, 11) is 4.31. The van der Waals surface area contributed by atoms with E-state index in [1.807, 2.05) is 0 Å². The first kappa shape index (κ1) is 21.5. The van der Waals surface area contributed by atoms with E-state index < -0.39 is 0 Å². The SMILES string of the molecule is CN(C)C1CCN(CCNC(=O)N(CCO)CCC2CCCCC2)CC1. The number of urea groups is 1. The quantitative estimate of drug-likeness (QED) is 0.653. The lowest BCUT2D eigenvalue weighted by Gasteiger charge is -2.35. The Kier molecular flexibility index (Phi) is 9.72. The van der Waals surface area contributed by atoms with E-state index >= 15 is 0 Å². The molecule has 0 atom stereocenters. The summed E-state index contributed by atoms with van der Waals surface area (Å²) in [5, 5.41) is 12.3. The molecule has 152 valence electrons. The molecule has 1 saturated heterocycles. The van der Waals surface area contributed by atoms with Gasteiger partial charge in [0.05, 0.1) is 6.61 Å². The lowest BCUT2D eigenvalue weighted by molar-refractivity contribution is 0.142. The molecule has 2 amide bonds. The lowest BCUT2D eigenvalue weighted by atomic mass is 9.87. The van der Waals surface area contributed by atoms with Gasteiger partial charge in [-0.25, -0.2) is 4.79 Å². The molecule has 2 fully saturated rings. The van der Waals surface area contributed by atoms with E-state index in [0.717, 1.165) is 38.5 Å². The van der Waals surface area contributed by atoms with Crippen LogP contribution < -0.4 is 5.32 Å². The van der Waals surface area contributed by atoms with Crippen molar-refractivity contribution in [1.29, 1.82) is 0 Å². The maximum atomic E-state index is 12.5. The molecular formula is C20H40N4O2. The third kappa shape index (κ3) is 7.41. The van der Waals surface area contributed by atoms with Crippen LogP contribution in [0.5, 0.6) is 0 Å². The molecule has 0 aromatic heterocycles. The Morgan fingerprint density at radius 1 is 1.08 bits per heavy atom. The zero-order valence-corrected chi connectivity index (χ0v) is 17.0. The summed E-state index contributed by atoms with van der Waals surface area (Å²) in [5.41, 5.74) is 0. The number of rotatable bonds is 9. The average molecular weight is 369 g/mol. The zero-order valence-electron chi connectivity index (χ0n) is 17.0. The van der Waals surface area contributed by atoms with E-state index in [4.69, 9.17) is 0 Å². The number of hydrogen-bond acceptors (Lipinski definition) is 4. The van der Waals surface area contributed by atoms with Gasteiger partial charge in [-0.1, -0.05) is 32.1 Å². The number of likely N-dealkylation sites (tertiary alicyclic amines) is 1. The minimum atomic E-state index is -0.0157. The molecule has 2 N–H and O–H groups in total. The van der Waals surface area contributed by atoms with Gasteiger partial charge in [0, 0.05) is 32.2 Å². The van der Waals surface area contributed by atoms with Crippen LogP contribution in [0.25, 0.3) is 0 Å². The van der Waals surface area contributed by atoms with Crippen LogP contribution in [-0.2, 0) is 0 Å². The highest BCUT2D eigenvalue weighted by Gasteiger charge is 2.21. The Labute approximate surface area is 159 Å². The molecule has 0 radical (unpaired) electrons. The Bertz CT molecular complexity index is 391. The summed E-state index contributed by atoms with van der Waals surface area (Å²) < 4.78 is 0. The number of nitrogens with one attached hydrogen (secondary N) is 1. The maximum absolute atomic E-state index is 12.5. The minimum Gasteiger partial charge on any atom is -0.395 e. The molecule has 0 spiro atoms. The molecule has 0 aromatic carbocycles. The summed E-state index contributed by atoms with van der Waals surface area (Å²) in [4.78, 5) is 19.0. The Morgan fingerprint density at radius 2 is 1.77 bits per heavy atom. The molecule has 0 unspecified atom stereocenters. The second-order valence-corrected chi connectivity index (χ2v) is 8.27. The van der Waals surface area contributed by atoms with Gasteiger partial charge in [0.1, 0.15) is 0 Å². The normalized spacial score (nSPS) is 20.5. The van der Waals surface area contributed by atoms with Crippen LogP contribution >= 0.6 is 0 Å². The maximum Gasteiger partial charge on any atom is 0.317 e. The van der Waals surface area contributed by atoms with Crippen molar-refractivity contribution in [2.24, 2.45) is 5.92 Å². The number of amides is 2. The van der Waals surface area contributed by atoms with Crippen LogP contribution in [0.1, 0.15) is 51.4 Å². The summed E-state index contributed by atoms with van der Waals surface area (Å²) >= 11 is 0. The molecule has 1 saturated carbocycles. The fourth-order valence-corrected chi connectivity index (χ4v) is 4.34. The van der Waals surface area contributed by atoms with Crippen molar-refractivity contribution in [1.82, 2.24) is 20.0 Å². The highest BCUT2D eigenvalue weighted by Crippen LogP contribution is 2.26. The molecule has 1 heterocycles. The summed E-state index contributed by atoms with van der Waals surface area (Å²) in [6.45, 7) is 5.08. The number of piperidine rings is 1. The fraction of sp³-hybridized carbons (Fsp3) is 0.950. The van der Waals surface area contributed by atoms with Gasteiger partial charge in [-0.2, -0.15) is 0 Å². The van der Waals surface area contributed by atoms with Crippen molar-refractivity contribution in [3.8, 4) is 0 Å². The molecule has 2 rings (SSSR count). The number of aliphatic hydroxyl groups is 1. The highest BCUT2D eigenvalue weighted by molar-refractivity contribution is 5.74. The van der Waals surface area contributed by atoms with E-state index in [9.17, 15) is 9.90 Å². The number of hydrogen-bond donors (Lipinski definition) is 2. The predicted molar refractivity (Wildman–Crippen MR) is 106 cm³/mol. The number of carbonyl (C=O) groups is 1. The lowest BCUT2D eigenvalue weighted by Crippen LogP contribution is -2.47. The van der Waals surface area contributed by atoms with Crippen molar-refractivity contribution in [3.63, 3.8) is 0 Å². The third-order valence-corrected chi connectivity index (χ3v) is 6.18. The van der Waals surface area contributed by atoms with E-state index in [0.29, 0.717) is 19.1 Å². The van der Waals surface area contributed by atoms with Crippen LogP contribution in [0.4, 0.5) is 4.79 Å². The van der Waals surface area contributed by atoms with Crippen LogP contribution in [0.2, 0.25) is 0 Å². The van der Waals surface area contributed by atoms with Gasteiger partial charge in [-0.15, -0.1) is 0 Å². The molecule has 6 heteroatoms. The van der Waals surface area contributed by atoms with Crippen LogP contribution in [0.3, 0.4) is 0 Å².